The quantitative estimate of drug-likeness (QED) is 0.482. The van der Waals surface area contributed by atoms with Gasteiger partial charge in [0.25, 0.3) is 5.69 Å². The van der Waals surface area contributed by atoms with Crippen molar-refractivity contribution in [3.8, 4) is 6.07 Å². The normalized spacial score (nSPS) is 25.7. The van der Waals surface area contributed by atoms with Crippen LogP contribution in [0.4, 0.5) is 11.4 Å². The van der Waals surface area contributed by atoms with Crippen LogP contribution in [0, 0.1) is 32.8 Å². The van der Waals surface area contributed by atoms with E-state index in [1.54, 1.807) is 6.07 Å². The highest BCUT2D eigenvalue weighted by Crippen LogP contribution is 2.50. The molecule has 1 saturated carbocycles. The number of fused-ring (bicyclic) bond motifs is 1. The fourth-order valence-electron chi connectivity index (χ4n) is 4.01. The SMILES string of the molecule is COC(=O)C12CCCC1CN(c1ccc([N+](=O)[O-])cc1C#N)C2. The number of non-ortho nitro benzene ring substituents is 1. The minimum atomic E-state index is -0.515. The Morgan fingerprint density at radius 3 is 3.00 bits per heavy atom. The molecular formula is C16H17N3O4. The van der Waals surface area contributed by atoms with Gasteiger partial charge in [-0.15, -0.1) is 0 Å². The van der Waals surface area contributed by atoms with E-state index in [0.717, 1.165) is 19.3 Å². The number of hydrogen-bond acceptors (Lipinski definition) is 6. The van der Waals surface area contributed by atoms with E-state index in [2.05, 4.69) is 0 Å². The maximum Gasteiger partial charge on any atom is 0.313 e. The highest BCUT2D eigenvalue weighted by Gasteiger charge is 2.55. The van der Waals surface area contributed by atoms with Crippen LogP contribution in [0.15, 0.2) is 18.2 Å². The lowest BCUT2D eigenvalue weighted by Gasteiger charge is -2.26. The number of hydrogen-bond donors (Lipinski definition) is 0. The minimum absolute atomic E-state index is 0.104. The van der Waals surface area contributed by atoms with E-state index in [-0.39, 0.29) is 23.1 Å². The molecule has 2 fully saturated rings. The van der Waals surface area contributed by atoms with Crippen LogP contribution in [0.25, 0.3) is 0 Å². The van der Waals surface area contributed by atoms with Crippen molar-refractivity contribution in [1.29, 1.82) is 5.26 Å². The molecule has 1 heterocycles. The molecule has 1 saturated heterocycles. The number of carbonyl (C=O) groups excluding carboxylic acids is 1. The molecule has 0 amide bonds. The molecule has 1 aromatic carbocycles. The topological polar surface area (TPSA) is 96.5 Å². The van der Waals surface area contributed by atoms with Gasteiger partial charge < -0.3 is 9.64 Å². The highest BCUT2D eigenvalue weighted by atomic mass is 16.6. The van der Waals surface area contributed by atoms with Crippen LogP contribution in [0.1, 0.15) is 24.8 Å². The molecule has 0 radical (unpaired) electrons. The summed E-state index contributed by atoms with van der Waals surface area (Å²) in [4.78, 5) is 24.6. The van der Waals surface area contributed by atoms with E-state index >= 15 is 0 Å². The van der Waals surface area contributed by atoms with Crippen molar-refractivity contribution in [1.82, 2.24) is 0 Å². The summed E-state index contributed by atoms with van der Waals surface area (Å²) in [6.45, 7) is 1.17. The first-order valence-corrected chi connectivity index (χ1v) is 7.54. The summed E-state index contributed by atoms with van der Waals surface area (Å²) >= 11 is 0. The van der Waals surface area contributed by atoms with Crippen LogP contribution in [0.5, 0.6) is 0 Å². The molecule has 23 heavy (non-hydrogen) atoms. The summed E-state index contributed by atoms with van der Waals surface area (Å²) in [5.74, 6) is 0.0135. The summed E-state index contributed by atoms with van der Waals surface area (Å²) in [5.41, 5.74) is 0.297. The lowest BCUT2D eigenvalue weighted by molar-refractivity contribution is -0.384. The van der Waals surface area contributed by atoms with Crippen LogP contribution < -0.4 is 4.90 Å². The number of rotatable bonds is 3. The fourth-order valence-corrected chi connectivity index (χ4v) is 4.01. The lowest BCUT2D eigenvalue weighted by atomic mass is 9.81. The molecule has 7 heteroatoms. The number of nitro groups is 1. The largest absolute Gasteiger partial charge is 0.469 e. The van der Waals surface area contributed by atoms with Crippen molar-refractivity contribution >= 4 is 17.3 Å². The fraction of sp³-hybridized carbons (Fsp3) is 0.500. The Morgan fingerprint density at radius 2 is 2.35 bits per heavy atom. The number of benzene rings is 1. The highest BCUT2D eigenvalue weighted by molar-refractivity contribution is 5.80. The standard InChI is InChI=1S/C16H17N3O4/c1-23-15(20)16-6-2-3-12(16)9-18(10-16)14-5-4-13(19(21)22)7-11(14)8-17/h4-5,7,12H,2-3,6,9-10H2,1H3. The van der Waals surface area contributed by atoms with Crippen LogP contribution >= 0.6 is 0 Å². The van der Waals surface area contributed by atoms with E-state index < -0.39 is 10.3 Å². The Morgan fingerprint density at radius 1 is 1.57 bits per heavy atom. The zero-order valence-corrected chi connectivity index (χ0v) is 12.8. The van der Waals surface area contributed by atoms with Crippen molar-refractivity contribution < 1.29 is 14.5 Å². The molecule has 1 aliphatic carbocycles. The molecule has 3 rings (SSSR count). The predicted octanol–water partition coefficient (Wildman–Crippen LogP) is 2.25. The van der Waals surface area contributed by atoms with Gasteiger partial charge in [-0.05, 0) is 24.8 Å². The Bertz CT molecular complexity index is 712. The molecule has 2 atom stereocenters. The molecule has 1 aromatic rings. The zero-order chi connectivity index (χ0) is 16.6. The van der Waals surface area contributed by atoms with E-state index in [4.69, 9.17) is 4.74 Å². The maximum absolute atomic E-state index is 12.3. The summed E-state index contributed by atoms with van der Waals surface area (Å²) in [5, 5.41) is 20.2. The predicted molar refractivity (Wildman–Crippen MR) is 81.8 cm³/mol. The number of nitrogens with zero attached hydrogens (tertiary/aromatic N) is 3. The third kappa shape index (κ3) is 2.31. The van der Waals surface area contributed by atoms with Crippen molar-refractivity contribution in [2.45, 2.75) is 19.3 Å². The Balaban J connectivity index is 1.94. The monoisotopic (exact) mass is 315 g/mol. The second-order valence-electron chi connectivity index (χ2n) is 6.19. The Hall–Kier alpha value is -2.62. The lowest BCUT2D eigenvalue weighted by Crippen LogP contribution is -2.37. The second kappa shape index (κ2) is 5.54. The van der Waals surface area contributed by atoms with Crippen molar-refractivity contribution in [2.24, 2.45) is 11.3 Å². The Labute approximate surface area is 133 Å². The van der Waals surface area contributed by atoms with Gasteiger partial charge in [0.05, 0.1) is 28.7 Å². The van der Waals surface area contributed by atoms with E-state index in [1.165, 1.54) is 19.2 Å². The Kier molecular flexibility index (Phi) is 3.68. The summed E-state index contributed by atoms with van der Waals surface area (Å²) < 4.78 is 5.01. The average molecular weight is 315 g/mol. The van der Waals surface area contributed by atoms with Crippen molar-refractivity contribution in [3.63, 3.8) is 0 Å². The molecule has 2 aliphatic rings. The molecule has 7 nitrogen and oxygen atoms in total. The first kappa shape index (κ1) is 15.3. The van der Waals surface area contributed by atoms with Gasteiger partial charge in [-0.2, -0.15) is 5.26 Å². The van der Waals surface area contributed by atoms with Crippen molar-refractivity contribution in [2.75, 3.05) is 25.1 Å². The van der Waals surface area contributed by atoms with Gasteiger partial charge in [-0.1, -0.05) is 6.42 Å². The van der Waals surface area contributed by atoms with Crippen LogP contribution in [0.2, 0.25) is 0 Å². The average Bonchev–Trinajstić information content (AvgIpc) is 3.11. The van der Waals surface area contributed by atoms with Crippen molar-refractivity contribution in [3.05, 3.63) is 33.9 Å². The number of ether oxygens (including phenoxy) is 1. The first-order valence-electron chi connectivity index (χ1n) is 7.54. The van der Waals surface area contributed by atoms with Gasteiger partial charge >= 0.3 is 5.97 Å². The number of esters is 1. The number of carbonyl (C=O) groups is 1. The molecule has 2 unspecified atom stereocenters. The first-order chi connectivity index (χ1) is 11.0. The van der Waals surface area contributed by atoms with E-state index in [9.17, 15) is 20.2 Å². The van der Waals surface area contributed by atoms with Gasteiger partial charge in [0.2, 0.25) is 0 Å². The van der Waals surface area contributed by atoms with Gasteiger partial charge in [0, 0.05) is 25.2 Å². The molecule has 0 bridgehead atoms. The molecule has 120 valence electrons. The maximum atomic E-state index is 12.3. The van der Waals surface area contributed by atoms with Gasteiger partial charge in [-0.3, -0.25) is 14.9 Å². The van der Waals surface area contributed by atoms with Gasteiger partial charge in [-0.25, -0.2) is 0 Å². The zero-order valence-electron chi connectivity index (χ0n) is 12.8. The summed E-state index contributed by atoms with van der Waals surface area (Å²) in [6.07, 6.45) is 2.75. The molecule has 0 aromatic heterocycles. The number of nitriles is 1. The molecular weight excluding hydrogens is 298 g/mol. The number of methoxy groups -OCH3 is 1. The minimum Gasteiger partial charge on any atom is -0.469 e. The third-order valence-corrected chi connectivity index (χ3v) is 5.11. The number of nitro benzene ring substituents is 1. The molecule has 0 N–H and O–H groups in total. The smallest absolute Gasteiger partial charge is 0.313 e. The molecule has 1 aliphatic heterocycles. The van der Waals surface area contributed by atoms with Crippen LogP contribution in [-0.2, 0) is 9.53 Å². The third-order valence-electron chi connectivity index (χ3n) is 5.11. The summed E-state index contributed by atoms with van der Waals surface area (Å²) in [6, 6.07) is 6.31. The van der Waals surface area contributed by atoms with E-state index in [0.29, 0.717) is 18.8 Å². The van der Waals surface area contributed by atoms with Crippen LogP contribution in [-0.4, -0.2) is 31.1 Å². The molecule has 0 spiro atoms. The van der Waals surface area contributed by atoms with Crippen LogP contribution in [0.3, 0.4) is 0 Å². The van der Waals surface area contributed by atoms with E-state index in [1.807, 2.05) is 11.0 Å². The summed E-state index contributed by atoms with van der Waals surface area (Å²) in [7, 11) is 1.40. The number of anilines is 1. The second-order valence-corrected chi connectivity index (χ2v) is 6.19. The van der Waals surface area contributed by atoms with Gasteiger partial charge in [0.15, 0.2) is 0 Å². The van der Waals surface area contributed by atoms with Gasteiger partial charge in [0.1, 0.15) is 6.07 Å².